The molecule has 4 heteroatoms. The summed E-state index contributed by atoms with van der Waals surface area (Å²) in [5.74, 6) is 3.43. The van der Waals surface area contributed by atoms with Crippen LogP contribution in [0.5, 0.6) is 5.75 Å². The van der Waals surface area contributed by atoms with Crippen LogP contribution in [0, 0.1) is 17.8 Å². The number of rotatable bonds is 6. The zero-order valence-corrected chi connectivity index (χ0v) is 21.9. The van der Waals surface area contributed by atoms with Gasteiger partial charge in [0.15, 0.2) is 6.29 Å². The van der Waals surface area contributed by atoms with Gasteiger partial charge < -0.3 is 14.2 Å². The van der Waals surface area contributed by atoms with Crippen molar-refractivity contribution in [2.24, 2.45) is 17.8 Å². The van der Waals surface area contributed by atoms with Crippen molar-refractivity contribution in [2.75, 3.05) is 26.4 Å². The molecule has 4 rings (SSSR count). The van der Waals surface area contributed by atoms with E-state index in [0.717, 1.165) is 50.9 Å². The Bertz CT molecular complexity index is 725. The quantitative estimate of drug-likeness (QED) is 0.479. The number of benzene rings is 1. The van der Waals surface area contributed by atoms with Gasteiger partial charge in [-0.25, -0.2) is 0 Å². The molecule has 0 N–H and O–H groups in total. The molecule has 4 nitrogen and oxygen atoms in total. The van der Waals surface area contributed by atoms with Gasteiger partial charge in [-0.05, 0) is 109 Å². The predicted molar refractivity (Wildman–Crippen MR) is 135 cm³/mol. The molecule has 186 valence electrons. The van der Waals surface area contributed by atoms with Crippen molar-refractivity contribution < 1.29 is 14.2 Å². The van der Waals surface area contributed by atoms with E-state index in [1.165, 1.54) is 31.2 Å². The second kappa shape index (κ2) is 10.3. The van der Waals surface area contributed by atoms with Crippen molar-refractivity contribution >= 4 is 0 Å². The second-order valence-corrected chi connectivity index (χ2v) is 11.9. The summed E-state index contributed by atoms with van der Waals surface area (Å²) in [6, 6.07) is 8.78. The minimum absolute atomic E-state index is 0.0287. The highest BCUT2D eigenvalue weighted by atomic mass is 16.7. The molecule has 2 saturated heterocycles. The molecule has 0 aromatic heterocycles. The third kappa shape index (κ3) is 5.60. The molecule has 1 saturated carbocycles. The Hall–Kier alpha value is -1.10. The average Bonchev–Trinajstić information content (AvgIpc) is 2.79. The number of likely N-dealkylation sites (tertiary alicyclic amines) is 1. The van der Waals surface area contributed by atoms with Crippen LogP contribution in [0.1, 0.15) is 91.5 Å². The molecule has 33 heavy (non-hydrogen) atoms. The van der Waals surface area contributed by atoms with Crippen LogP contribution >= 0.6 is 0 Å². The van der Waals surface area contributed by atoms with Gasteiger partial charge in [-0.15, -0.1) is 0 Å². The van der Waals surface area contributed by atoms with Gasteiger partial charge in [0.2, 0.25) is 0 Å². The van der Waals surface area contributed by atoms with Gasteiger partial charge in [0.05, 0.1) is 19.8 Å². The van der Waals surface area contributed by atoms with Gasteiger partial charge in [-0.2, -0.15) is 0 Å². The van der Waals surface area contributed by atoms with E-state index in [1.807, 2.05) is 6.92 Å². The minimum Gasteiger partial charge on any atom is -0.494 e. The summed E-state index contributed by atoms with van der Waals surface area (Å²) in [5.41, 5.74) is 1.84. The Balaban J connectivity index is 1.26. The average molecular weight is 458 g/mol. The molecule has 0 amide bonds. The molecule has 0 unspecified atom stereocenters. The summed E-state index contributed by atoms with van der Waals surface area (Å²) in [7, 11) is 0. The van der Waals surface area contributed by atoms with Crippen molar-refractivity contribution in [3.63, 3.8) is 0 Å². The molecule has 0 bridgehead atoms. The summed E-state index contributed by atoms with van der Waals surface area (Å²) >= 11 is 0. The monoisotopic (exact) mass is 457 g/mol. The van der Waals surface area contributed by atoms with Crippen molar-refractivity contribution in [2.45, 2.75) is 103 Å². The summed E-state index contributed by atoms with van der Waals surface area (Å²) in [6.45, 7) is 17.4. The first-order valence-corrected chi connectivity index (χ1v) is 13.5. The maximum Gasteiger partial charge on any atom is 0.160 e. The molecule has 0 spiro atoms. The summed E-state index contributed by atoms with van der Waals surface area (Å²) in [6.07, 6.45) is 7.38. The third-order valence-electron chi connectivity index (χ3n) is 8.74. The number of hydrogen-bond donors (Lipinski definition) is 0. The van der Waals surface area contributed by atoms with Crippen LogP contribution in [0.4, 0.5) is 0 Å². The molecule has 0 radical (unpaired) electrons. The van der Waals surface area contributed by atoms with Crippen LogP contribution in [-0.2, 0) is 9.47 Å². The molecular weight excluding hydrogens is 410 g/mol. The lowest BCUT2D eigenvalue weighted by Gasteiger charge is -2.56. The maximum absolute atomic E-state index is 6.43. The lowest BCUT2D eigenvalue weighted by molar-refractivity contribution is -0.249. The van der Waals surface area contributed by atoms with Crippen molar-refractivity contribution in [3.8, 4) is 5.75 Å². The van der Waals surface area contributed by atoms with Crippen LogP contribution in [0.15, 0.2) is 24.3 Å². The molecule has 3 fully saturated rings. The smallest absolute Gasteiger partial charge is 0.160 e. The zero-order chi connectivity index (χ0) is 23.6. The Morgan fingerprint density at radius 2 is 1.39 bits per heavy atom. The molecular formula is C29H47NO3. The topological polar surface area (TPSA) is 30.9 Å². The van der Waals surface area contributed by atoms with E-state index < -0.39 is 0 Å². The first kappa shape index (κ1) is 25.0. The van der Waals surface area contributed by atoms with Crippen LogP contribution in [0.2, 0.25) is 0 Å². The summed E-state index contributed by atoms with van der Waals surface area (Å²) in [5, 5.41) is 0. The SMILES string of the molecule is CCOc1ccc(C2CCC(C3COC(C4CC(C)(C)N(CC)C(C)(C)C4)OC3)CC2)cc1. The summed E-state index contributed by atoms with van der Waals surface area (Å²) in [4.78, 5) is 2.66. The fourth-order valence-electron chi connectivity index (χ4n) is 7.45. The fourth-order valence-corrected chi connectivity index (χ4v) is 7.45. The van der Waals surface area contributed by atoms with E-state index in [0.29, 0.717) is 17.8 Å². The van der Waals surface area contributed by atoms with E-state index in [-0.39, 0.29) is 17.4 Å². The van der Waals surface area contributed by atoms with Crippen LogP contribution in [0.25, 0.3) is 0 Å². The van der Waals surface area contributed by atoms with Crippen molar-refractivity contribution in [3.05, 3.63) is 29.8 Å². The van der Waals surface area contributed by atoms with E-state index in [9.17, 15) is 0 Å². The molecule has 2 aliphatic heterocycles. The van der Waals surface area contributed by atoms with E-state index >= 15 is 0 Å². The van der Waals surface area contributed by atoms with E-state index in [2.05, 4.69) is 63.8 Å². The van der Waals surface area contributed by atoms with Gasteiger partial charge in [-0.1, -0.05) is 19.1 Å². The lowest BCUT2D eigenvalue weighted by Crippen LogP contribution is -2.62. The molecule has 1 aromatic carbocycles. The molecule has 2 heterocycles. The largest absolute Gasteiger partial charge is 0.494 e. The first-order chi connectivity index (χ1) is 15.7. The van der Waals surface area contributed by atoms with Gasteiger partial charge in [0.25, 0.3) is 0 Å². The Morgan fingerprint density at radius 3 is 1.91 bits per heavy atom. The Labute approximate surface area is 202 Å². The Kier molecular flexibility index (Phi) is 7.77. The highest BCUT2D eigenvalue weighted by molar-refractivity contribution is 5.29. The third-order valence-corrected chi connectivity index (χ3v) is 8.74. The number of piperidine rings is 1. The van der Waals surface area contributed by atoms with Gasteiger partial charge in [0.1, 0.15) is 5.75 Å². The van der Waals surface area contributed by atoms with Gasteiger partial charge in [-0.3, -0.25) is 4.90 Å². The first-order valence-electron chi connectivity index (χ1n) is 13.5. The number of hydrogen-bond acceptors (Lipinski definition) is 4. The fraction of sp³-hybridized carbons (Fsp3) is 0.793. The molecule has 1 aliphatic carbocycles. The minimum atomic E-state index is -0.0287. The van der Waals surface area contributed by atoms with Crippen LogP contribution < -0.4 is 4.74 Å². The van der Waals surface area contributed by atoms with E-state index in [4.69, 9.17) is 14.2 Å². The molecule has 0 atom stereocenters. The normalized spacial score (nSPS) is 33.0. The van der Waals surface area contributed by atoms with Gasteiger partial charge >= 0.3 is 0 Å². The number of ether oxygens (including phenoxy) is 3. The second-order valence-electron chi connectivity index (χ2n) is 11.9. The molecule has 1 aromatic rings. The maximum atomic E-state index is 6.43. The van der Waals surface area contributed by atoms with E-state index in [1.54, 1.807) is 0 Å². The van der Waals surface area contributed by atoms with Gasteiger partial charge in [0, 0.05) is 22.9 Å². The predicted octanol–water partition coefficient (Wildman–Crippen LogP) is 6.64. The van der Waals surface area contributed by atoms with Crippen LogP contribution in [0.3, 0.4) is 0 Å². The molecule has 3 aliphatic rings. The zero-order valence-electron chi connectivity index (χ0n) is 21.9. The number of nitrogens with zero attached hydrogens (tertiary/aromatic N) is 1. The highest BCUT2D eigenvalue weighted by Gasteiger charge is 2.48. The summed E-state index contributed by atoms with van der Waals surface area (Å²) < 4.78 is 18.5. The Morgan fingerprint density at radius 1 is 0.818 bits per heavy atom. The van der Waals surface area contributed by atoms with Crippen molar-refractivity contribution in [1.82, 2.24) is 4.90 Å². The standard InChI is InChI=1S/C29H47NO3/c1-7-30-28(3,4)17-24(18-29(30,5)6)27-32-19-25(20-33-27)23-11-9-21(10-12-23)22-13-15-26(16-14-22)31-8-2/h13-16,21,23-25,27H,7-12,17-20H2,1-6H3. The van der Waals surface area contributed by atoms with Crippen LogP contribution in [-0.4, -0.2) is 48.6 Å². The lowest BCUT2D eigenvalue weighted by atomic mass is 9.72. The van der Waals surface area contributed by atoms with Crippen molar-refractivity contribution in [1.29, 1.82) is 0 Å². The highest BCUT2D eigenvalue weighted by Crippen LogP contribution is 2.45.